The molecule has 1 aliphatic rings. The number of nitro groups is 1. The zero-order valence-corrected chi connectivity index (χ0v) is 22.9. The van der Waals surface area contributed by atoms with E-state index < -0.39 is 10.8 Å². The van der Waals surface area contributed by atoms with E-state index >= 15 is 0 Å². The Morgan fingerprint density at radius 1 is 0.718 bits per heavy atom. The summed E-state index contributed by atoms with van der Waals surface area (Å²) in [4.78, 5) is 38.6. The number of allylic oxidation sites excluding steroid dienone is 2. The van der Waals surface area contributed by atoms with Gasteiger partial charge in [-0.2, -0.15) is 0 Å². The molecule has 0 aliphatic carbocycles. The van der Waals surface area contributed by atoms with Crippen molar-refractivity contribution < 1.29 is 14.5 Å². The second kappa shape index (κ2) is 10.9. The van der Waals surface area contributed by atoms with Crippen LogP contribution in [-0.2, 0) is 9.59 Å². The van der Waals surface area contributed by atoms with Gasteiger partial charge in [0.05, 0.1) is 4.92 Å². The monoisotopic (exact) mass is 524 g/mol. The number of nitrogens with zero attached hydrogens (tertiary/aromatic N) is 1. The third kappa shape index (κ3) is 5.75. The van der Waals surface area contributed by atoms with Crippen molar-refractivity contribution in [2.75, 3.05) is 10.6 Å². The number of nitro benzene ring substituents is 1. The van der Waals surface area contributed by atoms with E-state index in [0.29, 0.717) is 39.5 Å². The van der Waals surface area contributed by atoms with Crippen molar-refractivity contribution in [3.8, 4) is 0 Å². The third-order valence-electron chi connectivity index (χ3n) is 6.97. The van der Waals surface area contributed by atoms with Crippen LogP contribution in [0.5, 0.6) is 0 Å². The number of carbonyl (C=O) groups excluding carboxylic acids is 2. The van der Waals surface area contributed by atoms with Crippen LogP contribution in [0.4, 0.5) is 17.1 Å². The number of hydrogen-bond acceptors (Lipinski definition) is 5. The van der Waals surface area contributed by atoms with Crippen LogP contribution in [-0.4, -0.2) is 16.7 Å². The predicted octanol–water partition coefficient (Wildman–Crippen LogP) is 6.34. The Kier molecular flexibility index (Phi) is 7.67. The van der Waals surface area contributed by atoms with Crippen molar-refractivity contribution in [2.24, 2.45) is 0 Å². The van der Waals surface area contributed by atoms with E-state index in [1.165, 1.54) is 12.1 Å². The number of anilines is 2. The molecule has 3 N–H and O–H groups in total. The highest BCUT2D eigenvalue weighted by Crippen LogP contribution is 2.40. The van der Waals surface area contributed by atoms with Crippen LogP contribution in [0.1, 0.15) is 47.6 Å². The van der Waals surface area contributed by atoms with Gasteiger partial charge in [0, 0.05) is 52.0 Å². The zero-order chi connectivity index (χ0) is 28.4. The largest absolute Gasteiger partial charge is 0.362 e. The molecule has 0 bridgehead atoms. The summed E-state index contributed by atoms with van der Waals surface area (Å²) < 4.78 is 0. The average Bonchev–Trinajstić information content (AvgIpc) is 2.87. The minimum absolute atomic E-state index is 0.0724. The van der Waals surface area contributed by atoms with Crippen LogP contribution in [0.25, 0.3) is 0 Å². The molecule has 2 amide bonds. The Morgan fingerprint density at radius 3 is 1.56 bits per heavy atom. The van der Waals surface area contributed by atoms with E-state index in [0.717, 1.165) is 22.3 Å². The van der Waals surface area contributed by atoms with E-state index in [-0.39, 0.29) is 17.5 Å². The fourth-order valence-electron chi connectivity index (χ4n) is 4.84. The number of rotatable bonds is 6. The van der Waals surface area contributed by atoms with Crippen LogP contribution >= 0.6 is 0 Å². The molecule has 8 heteroatoms. The number of dihydropyridines is 1. The van der Waals surface area contributed by atoms with Crippen molar-refractivity contribution in [2.45, 2.75) is 47.5 Å². The molecule has 3 aromatic carbocycles. The number of nitrogens with one attached hydrogen (secondary N) is 3. The van der Waals surface area contributed by atoms with Gasteiger partial charge < -0.3 is 16.0 Å². The lowest BCUT2D eigenvalue weighted by molar-refractivity contribution is -0.384. The smallest absolute Gasteiger partial charge is 0.269 e. The molecule has 3 aromatic rings. The molecule has 8 nitrogen and oxygen atoms in total. The van der Waals surface area contributed by atoms with Gasteiger partial charge in [-0.05, 0) is 81.5 Å². The second-order valence-corrected chi connectivity index (χ2v) is 10.0. The molecule has 0 radical (unpaired) electrons. The summed E-state index contributed by atoms with van der Waals surface area (Å²) in [5.74, 6) is -1.48. The maximum absolute atomic E-state index is 13.9. The molecular formula is C31H32N4O4. The molecule has 39 heavy (non-hydrogen) atoms. The van der Waals surface area contributed by atoms with Crippen molar-refractivity contribution in [1.29, 1.82) is 0 Å². The number of amides is 2. The summed E-state index contributed by atoms with van der Waals surface area (Å²) in [5.41, 5.74) is 7.61. The Bertz CT molecular complexity index is 1460. The Labute approximate surface area is 228 Å². The lowest BCUT2D eigenvalue weighted by Crippen LogP contribution is -2.35. The van der Waals surface area contributed by atoms with Crippen molar-refractivity contribution in [3.63, 3.8) is 0 Å². The summed E-state index contributed by atoms with van der Waals surface area (Å²) in [6.45, 7) is 11.3. The van der Waals surface area contributed by atoms with Gasteiger partial charge in [-0.15, -0.1) is 0 Å². The Balaban J connectivity index is 1.81. The fourth-order valence-corrected chi connectivity index (χ4v) is 4.84. The first kappa shape index (κ1) is 27.3. The van der Waals surface area contributed by atoms with E-state index in [4.69, 9.17) is 0 Å². The highest BCUT2D eigenvalue weighted by molar-refractivity contribution is 6.12. The molecule has 0 fully saturated rings. The van der Waals surface area contributed by atoms with Crippen LogP contribution in [0, 0.1) is 37.8 Å². The summed E-state index contributed by atoms with van der Waals surface area (Å²) in [6.07, 6.45) is 0. The van der Waals surface area contributed by atoms with Gasteiger partial charge in [-0.3, -0.25) is 19.7 Å². The molecule has 0 atom stereocenters. The number of non-ortho nitro benzene ring substituents is 1. The summed E-state index contributed by atoms with van der Waals surface area (Å²) in [7, 11) is 0. The quantitative estimate of drug-likeness (QED) is 0.257. The third-order valence-corrected chi connectivity index (χ3v) is 6.97. The molecule has 1 heterocycles. The summed E-state index contributed by atoms with van der Waals surface area (Å²) >= 11 is 0. The van der Waals surface area contributed by atoms with Gasteiger partial charge in [-0.1, -0.05) is 36.4 Å². The van der Waals surface area contributed by atoms with E-state index in [2.05, 4.69) is 16.0 Å². The second-order valence-electron chi connectivity index (χ2n) is 10.0. The number of aryl methyl sites for hydroxylation is 4. The van der Waals surface area contributed by atoms with Gasteiger partial charge in [0.1, 0.15) is 0 Å². The average molecular weight is 525 g/mol. The SMILES string of the molecule is CC1=C(C(=O)Nc2cc(C)ccc2C)C(c2ccc([N+](=O)[O-])cc2)C(C(=O)Nc2cc(C)ccc2C)=C(C)N1. The van der Waals surface area contributed by atoms with Crippen LogP contribution in [0.2, 0.25) is 0 Å². The van der Waals surface area contributed by atoms with Gasteiger partial charge >= 0.3 is 0 Å². The maximum Gasteiger partial charge on any atom is 0.269 e. The minimum Gasteiger partial charge on any atom is -0.362 e. The van der Waals surface area contributed by atoms with Gasteiger partial charge in [0.25, 0.3) is 17.5 Å². The molecule has 0 saturated heterocycles. The highest BCUT2D eigenvalue weighted by Gasteiger charge is 2.37. The van der Waals surface area contributed by atoms with Crippen LogP contribution in [0.15, 0.2) is 83.2 Å². The van der Waals surface area contributed by atoms with Gasteiger partial charge in [0.2, 0.25) is 0 Å². The molecule has 4 rings (SSSR count). The number of benzene rings is 3. The lowest BCUT2D eigenvalue weighted by atomic mass is 9.79. The van der Waals surface area contributed by atoms with Gasteiger partial charge in [0.15, 0.2) is 0 Å². The highest BCUT2D eigenvalue weighted by atomic mass is 16.6. The molecule has 0 aromatic heterocycles. The standard InChI is InChI=1S/C31H32N4O4/c1-17-7-9-19(3)25(15-17)33-30(36)27-21(5)32-22(6)28(29(27)23-11-13-24(14-12-23)35(38)39)31(37)34-26-16-18(2)8-10-20(26)4/h7-16,29,32H,1-6H3,(H,33,36)(H,34,37). The molecule has 1 aliphatic heterocycles. The molecule has 0 unspecified atom stereocenters. The van der Waals surface area contributed by atoms with E-state index in [1.54, 1.807) is 26.0 Å². The molecule has 0 spiro atoms. The van der Waals surface area contributed by atoms with Crippen LogP contribution < -0.4 is 16.0 Å². The Hall–Kier alpha value is -4.72. The fraction of sp³-hybridized carbons (Fsp3) is 0.226. The number of carbonyl (C=O) groups is 2. The number of hydrogen-bond donors (Lipinski definition) is 3. The first-order valence-electron chi connectivity index (χ1n) is 12.7. The van der Waals surface area contributed by atoms with Gasteiger partial charge in [-0.25, -0.2) is 0 Å². The normalized spacial score (nSPS) is 13.7. The van der Waals surface area contributed by atoms with Crippen LogP contribution in [0.3, 0.4) is 0 Å². The molecule has 0 saturated carbocycles. The molecular weight excluding hydrogens is 492 g/mol. The topological polar surface area (TPSA) is 113 Å². The lowest BCUT2D eigenvalue weighted by Gasteiger charge is -2.31. The van der Waals surface area contributed by atoms with Crippen molar-refractivity contribution in [1.82, 2.24) is 5.32 Å². The summed E-state index contributed by atoms with van der Waals surface area (Å²) in [5, 5.41) is 20.6. The maximum atomic E-state index is 13.9. The molecule has 200 valence electrons. The Morgan fingerprint density at radius 2 is 1.15 bits per heavy atom. The minimum atomic E-state index is -0.762. The first-order valence-corrected chi connectivity index (χ1v) is 12.7. The van der Waals surface area contributed by atoms with E-state index in [1.807, 2.05) is 64.1 Å². The summed E-state index contributed by atoms with van der Waals surface area (Å²) in [6, 6.07) is 17.6. The van der Waals surface area contributed by atoms with Crippen molar-refractivity contribution in [3.05, 3.63) is 121 Å². The van der Waals surface area contributed by atoms with E-state index in [9.17, 15) is 19.7 Å². The first-order chi connectivity index (χ1) is 18.5. The van der Waals surface area contributed by atoms with Crippen molar-refractivity contribution >= 4 is 28.9 Å². The predicted molar refractivity (Wildman–Crippen MR) is 153 cm³/mol. The zero-order valence-electron chi connectivity index (χ0n) is 22.9.